The summed E-state index contributed by atoms with van der Waals surface area (Å²) in [7, 11) is 0. The molecular weight excluding hydrogens is 206 g/mol. The van der Waals surface area contributed by atoms with Crippen molar-refractivity contribution < 1.29 is 9.59 Å². The monoisotopic (exact) mass is 227 g/mol. The van der Waals surface area contributed by atoms with Gasteiger partial charge in [0.2, 0.25) is 11.8 Å². The molecule has 5 nitrogen and oxygen atoms in total. The summed E-state index contributed by atoms with van der Waals surface area (Å²) >= 11 is 0. The van der Waals surface area contributed by atoms with Crippen LogP contribution in [0.2, 0.25) is 0 Å². The molecule has 1 unspecified atom stereocenters. The van der Waals surface area contributed by atoms with Crippen molar-refractivity contribution in [3.63, 3.8) is 0 Å². The summed E-state index contributed by atoms with van der Waals surface area (Å²) in [6.07, 6.45) is 2.54. The number of hydrogen-bond acceptors (Lipinski definition) is 3. The van der Waals surface area contributed by atoms with Crippen molar-refractivity contribution in [2.75, 3.05) is 26.2 Å². The summed E-state index contributed by atoms with van der Waals surface area (Å²) < 4.78 is 0. The molecule has 1 aliphatic rings. The second-order valence-electron chi connectivity index (χ2n) is 4.41. The Labute approximate surface area is 96.4 Å². The fourth-order valence-corrected chi connectivity index (χ4v) is 1.72. The van der Waals surface area contributed by atoms with E-state index in [4.69, 9.17) is 5.73 Å². The van der Waals surface area contributed by atoms with Crippen LogP contribution in [0.4, 0.5) is 0 Å². The van der Waals surface area contributed by atoms with Crippen molar-refractivity contribution in [2.24, 2.45) is 11.7 Å². The van der Waals surface area contributed by atoms with Gasteiger partial charge in [0.25, 0.3) is 0 Å². The van der Waals surface area contributed by atoms with Crippen molar-refractivity contribution in [1.82, 2.24) is 10.2 Å². The standard InChI is InChI=1S/C11H21N3O2/c1-9(7-12)6-10(15)13-8-11(16)14-4-2-3-5-14/h9H,2-8,12H2,1H3,(H,13,15). The second kappa shape index (κ2) is 6.48. The molecule has 0 aliphatic carbocycles. The molecule has 0 bridgehead atoms. The highest BCUT2D eigenvalue weighted by Gasteiger charge is 2.18. The van der Waals surface area contributed by atoms with Gasteiger partial charge in [-0.1, -0.05) is 6.92 Å². The van der Waals surface area contributed by atoms with E-state index in [0.717, 1.165) is 25.9 Å². The minimum atomic E-state index is -0.0921. The van der Waals surface area contributed by atoms with Gasteiger partial charge in [-0.3, -0.25) is 9.59 Å². The van der Waals surface area contributed by atoms with Crippen LogP contribution in [0.5, 0.6) is 0 Å². The fraction of sp³-hybridized carbons (Fsp3) is 0.818. The number of nitrogens with two attached hydrogens (primary N) is 1. The van der Waals surface area contributed by atoms with Crippen LogP contribution in [0.3, 0.4) is 0 Å². The average Bonchev–Trinajstić information content (AvgIpc) is 2.79. The lowest BCUT2D eigenvalue weighted by Crippen LogP contribution is -2.39. The molecule has 0 spiro atoms. The largest absolute Gasteiger partial charge is 0.347 e. The van der Waals surface area contributed by atoms with Crippen molar-refractivity contribution in [2.45, 2.75) is 26.2 Å². The van der Waals surface area contributed by atoms with Gasteiger partial charge in [0.15, 0.2) is 0 Å². The molecule has 2 amide bonds. The van der Waals surface area contributed by atoms with Gasteiger partial charge in [-0.05, 0) is 25.3 Å². The summed E-state index contributed by atoms with van der Waals surface area (Å²) in [6, 6.07) is 0. The van der Waals surface area contributed by atoms with Crippen LogP contribution in [0.25, 0.3) is 0 Å². The Hall–Kier alpha value is -1.10. The molecule has 0 aromatic heterocycles. The van der Waals surface area contributed by atoms with Gasteiger partial charge in [0, 0.05) is 19.5 Å². The summed E-state index contributed by atoms with van der Waals surface area (Å²) in [4.78, 5) is 24.8. The molecule has 16 heavy (non-hydrogen) atoms. The maximum absolute atomic E-state index is 11.6. The lowest BCUT2D eigenvalue weighted by Gasteiger charge is -2.16. The predicted octanol–water partition coefficient (Wildman–Crippen LogP) is -0.290. The van der Waals surface area contributed by atoms with E-state index < -0.39 is 0 Å². The van der Waals surface area contributed by atoms with Crippen LogP contribution in [-0.2, 0) is 9.59 Å². The Bertz CT molecular complexity index is 250. The molecule has 1 fully saturated rings. The number of nitrogens with zero attached hydrogens (tertiary/aromatic N) is 1. The molecule has 0 radical (unpaired) electrons. The first-order valence-corrected chi connectivity index (χ1v) is 5.88. The topological polar surface area (TPSA) is 75.4 Å². The summed E-state index contributed by atoms with van der Waals surface area (Å²) in [5.74, 6) is 0.0960. The zero-order valence-corrected chi connectivity index (χ0v) is 9.87. The van der Waals surface area contributed by atoms with Crippen LogP contribution in [0, 0.1) is 5.92 Å². The Morgan fingerprint density at radius 1 is 1.38 bits per heavy atom. The first-order chi connectivity index (χ1) is 7.63. The van der Waals surface area contributed by atoms with Crippen LogP contribution < -0.4 is 11.1 Å². The SMILES string of the molecule is CC(CN)CC(=O)NCC(=O)N1CCCC1. The third-order valence-corrected chi connectivity index (χ3v) is 2.83. The highest BCUT2D eigenvalue weighted by Crippen LogP contribution is 2.06. The van der Waals surface area contributed by atoms with Gasteiger partial charge in [0.1, 0.15) is 0 Å². The number of carbonyl (C=O) groups is 2. The minimum absolute atomic E-state index is 0.0197. The normalized spacial score (nSPS) is 17.2. The van der Waals surface area contributed by atoms with E-state index >= 15 is 0 Å². The molecule has 1 heterocycles. The molecular formula is C11H21N3O2. The number of likely N-dealkylation sites (tertiary alicyclic amines) is 1. The molecule has 1 rings (SSSR count). The number of amides is 2. The van der Waals surface area contributed by atoms with Crippen LogP contribution in [-0.4, -0.2) is 42.9 Å². The molecule has 0 aromatic carbocycles. The number of rotatable bonds is 5. The second-order valence-corrected chi connectivity index (χ2v) is 4.41. The summed E-state index contributed by atoms with van der Waals surface area (Å²) in [5.41, 5.74) is 5.42. The molecule has 5 heteroatoms. The first kappa shape index (κ1) is 13.0. The highest BCUT2D eigenvalue weighted by atomic mass is 16.2. The van der Waals surface area contributed by atoms with E-state index in [1.54, 1.807) is 4.90 Å². The summed E-state index contributed by atoms with van der Waals surface area (Å²) in [6.45, 7) is 4.19. The smallest absolute Gasteiger partial charge is 0.241 e. The van der Waals surface area contributed by atoms with Crippen LogP contribution in [0.1, 0.15) is 26.2 Å². The third-order valence-electron chi connectivity index (χ3n) is 2.83. The van der Waals surface area contributed by atoms with E-state index in [2.05, 4.69) is 5.32 Å². The van der Waals surface area contributed by atoms with E-state index in [9.17, 15) is 9.59 Å². The maximum atomic E-state index is 11.6. The number of carbonyl (C=O) groups excluding carboxylic acids is 2. The van der Waals surface area contributed by atoms with Crippen molar-refractivity contribution in [1.29, 1.82) is 0 Å². The van der Waals surface area contributed by atoms with Gasteiger partial charge in [-0.25, -0.2) is 0 Å². The van der Waals surface area contributed by atoms with Crippen LogP contribution in [0.15, 0.2) is 0 Å². The zero-order valence-electron chi connectivity index (χ0n) is 9.87. The van der Waals surface area contributed by atoms with E-state index in [1.165, 1.54) is 0 Å². The minimum Gasteiger partial charge on any atom is -0.347 e. The van der Waals surface area contributed by atoms with Gasteiger partial charge in [0.05, 0.1) is 6.54 Å². The summed E-state index contributed by atoms with van der Waals surface area (Å²) in [5, 5.41) is 2.64. The Morgan fingerprint density at radius 2 is 2.00 bits per heavy atom. The first-order valence-electron chi connectivity index (χ1n) is 5.88. The molecule has 1 atom stereocenters. The zero-order chi connectivity index (χ0) is 12.0. The lowest BCUT2D eigenvalue weighted by molar-refractivity contribution is -0.132. The van der Waals surface area contributed by atoms with Gasteiger partial charge < -0.3 is 16.0 Å². The molecule has 1 aliphatic heterocycles. The average molecular weight is 227 g/mol. The molecule has 0 aromatic rings. The van der Waals surface area contributed by atoms with Gasteiger partial charge in [-0.2, -0.15) is 0 Å². The molecule has 1 saturated heterocycles. The van der Waals surface area contributed by atoms with E-state index in [-0.39, 0.29) is 24.3 Å². The highest BCUT2D eigenvalue weighted by molar-refractivity contribution is 5.84. The van der Waals surface area contributed by atoms with Crippen molar-refractivity contribution >= 4 is 11.8 Å². The molecule has 92 valence electrons. The Balaban J connectivity index is 2.18. The quantitative estimate of drug-likeness (QED) is 0.677. The molecule has 0 saturated carbocycles. The molecule has 3 N–H and O–H groups in total. The van der Waals surface area contributed by atoms with Crippen molar-refractivity contribution in [3.8, 4) is 0 Å². The van der Waals surface area contributed by atoms with Crippen LogP contribution >= 0.6 is 0 Å². The predicted molar refractivity (Wildman–Crippen MR) is 61.7 cm³/mol. The van der Waals surface area contributed by atoms with Crippen molar-refractivity contribution in [3.05, 3.63) is 0 Å². The van der Waals surface area contributed by atoms with Gasteiger partial charge >= 0.3 is 0 Å². The van der Waals surface area contributed by atoms with E-state index in [0.29, 0.717) is 13.0 Å². The fourth-order valence-electron chi connectivity index (χ4n) is 1.72. The van der Waals surface area contributed by atoms with E-state index in [1.807, 2.05) is 6.92 Å². The number of nitrogens with one attached hydrogen (secondary N) is 1. The maximum Gasteiger partial charge on any atom is 0.241 e. The number of hydrogen-bond donors (Lipinski definition) is 2. The van der Waals surface area contributed by atoms with Gasteiger partial charge in [-0.15, -0.1) is 0 Å². The Morgan fingerprint density at radius 3 is 2.56 bits per heavy atom. The Kier molecular flexibility index (Phi) is 5.25. The third kappa shape index (κ3) is 4.18. The lowest BCUT2D eigenvalue weighted by atomic mass is 10.1.